The van der Waals surface area contributed by atoms with Crippen LogP contribution in [0.4, 0.5) is 17.6 Å². The molecule has 1 rings (SSSR count). The predicted molar refractivity (Wildman–Crippen MR) is 61.8 cm³/mol. The van der Waals surface area contributed by atoms with Gasteiger partial charge in [-0.05, 0) is 30.7 Å². The summed E-state index contributed by atoms with van der Waals surface area (Å²) < 4.78 is 52.9. The first kappa shape index (κ1) is 15.2. The van der Waals surface area contributed by atoms with Crippen LogP contribution >= 0.6 is 0 Å². The van der Waals surface area contributed by atoms with Crippen LogP contribution in [0.15, 0.2) is 36.9 Å². The Morgan fingerprint density at radius 1 is 1.32 bits per heavy atom. The van der Waals surface area contributed by atoms with E-state index in [4.69, 9.17) is 0 Å². The molecule has 1 aromatic rings. The number of hydrogen-bond acceptors (Lipinski definition) is 2. The zero-order valence-electron chi connectivity index (χ0n) is 9.91. The molecule has 0 fully saturated rings. The molecule has 0 unspecified atom stereocenters. The van der Waals surface area contributed by atoms with Gasteiger partial charge in [0.25, 0.3) is 0 Å². The van der Waals surface area contributed by atoms with E-state index in [0.717, 1.165) is 12.1 Å². The van der Waals surface area contributed by atoms with Crippen LogP contribution in [-0.2, 0) is 0 Å². The number of Topliss-reactive ketones (excluding diaryl/α,β-unsaturated/α-hetero) is 1. The first-order valence-corrected chi connectivity index (χ1v) is 5.46. The van der Waals surface area contributed by atoms with Gasteiger partial charge in [0.2, 0.25) is 0 Å². The Hall–Kier alpha value is -1.85. The number of ketones is 1. The Morgan fingerprint density at radius 2 is 1.89 bits per heavy atom. The second-order valence-corrected chi connectivity index (χ2v) is 3.74. The molecule has 1 aromatic carbocycles. The lowest BCUT2D eigenvalue weighted by molar-refractivity contribution is -0.253. The zero-order chi connectivity index (χ0) is 14.5. The Labute approximate surface area is 107 Å². The van der Waals surface area contributed by atoms with Crippen molar-refractivity contribution in [2.24, 2.45) is 0 Å². The van der Waals surface area contributed by atoms with Crippen LogP contribution < -0.4 is 4.74 Å². The quantitative estimate of drug-likeness (QED) is 0.426. The number of benzene rings is 1. The third-order valence-corrected chi connectivity index (χ3v) is 2.26. The molecule has 19 heavy (non-hydrogen) atoms. The van der Waals surface area contributed by atoms with Crippen molar-refractivity contribution in [3.8, 4) is 5.75 Å². The maximum Gasteiger partial charge on any atom is 0.461 e. The highest BCUT2D eigenvalue weighted by atomic mass is 19.3. The maximum absolute atomic E-state index is 12.6. The highest BCUT2D eigenvalue weighted by molar-refractivity contribution is 5.96. The number of halogens is 4. The summed E-state index contributed by atoms with van der Waals surface area (Å²) in [7, 11) is 0. The zero-order valence-corrected chi connectivity index (χ0v) is 9.91. The summed E-state index contributed by atoms with van der Waals surface area (Å²) in [6, 6.07) is 4.61. The second-order valence-electron chi connectivity index (χ2n) is 3.74. The first-order chi connectivity index (χ1) is 8.86. The third kappa shape index (κ3) is 4.39. The molecule has 0 radical (unpaired) electrons. The SMILES string of the molecule is C=CCCC(=O)c1ccc(OC(F)(F)C(F)F)cc1. The fourth-order valence-corrected chi connectivity index (χ4v) is 1.29. The normalized spacial score (nSPS) is 11.4. The van der Waals surface area contributed by atoms with Gasteiger partial charge in [-0.15, -0.1) is 6.58 Å². The van der Waals surface area contributed by atoms with E-state index in [-0.39, 0.29) is 12.2 Å². The molecule has 0 bridgehead atoms. The van der Waals surface area contributed by atoms with Crippen LogP contribution in [0.2, 0.25) is 0 Å². The molecular formula is C13H12F4O2. The fourth-order valence-electron chi connectivity index (χ4n) is 1.29. The van der Waals surface area contributed by atoms with E-state index in [1.54, 1.807) is 6.08 Å². The number of ether oxygens (including phenoxy) is 1. The van der Waals surface area contributed by atoms with Gasteiger partial charge >= 0.3 is 12.5 Å². The molecule has 0 aromatic heterocycles. The molecule has 0 N–H and O–H groups in total. The minimum absolute atomic E-state index is 0.188. The van der Waals surface area contributed by atoms with Gasteiger partial charge in [-0.1, -0.05) is 6.08 Å². The highest BCUT2D eigenvalue weighted by Crippen LogP contribution is 2.27. The van der Waals surface area contributed by atoms with Gasteiger partial charge in [-0.25, -0.2) is 0 Å². The molecule has 0 aliphatic heterocycles. The lowest BCUT2D eigenvalue weighted by atomic mass is 10.1. The predicted octanol–water partition coefficient (Wildman–Crippen LogP) is 4.07. The van der Waals surface area contributed by atoms with Gasteiger partial charge in [-0.2, -0.15) is 17.6 Å². The molecule has 0 heterocycles. The maximum atomic E-state index is 12.6. The number of carbonyl (C=O) groups is 1. The Balaban J connectivity index is 2.71. The molecule has 0 atom stereocenters. The van der Waals surface area contributed by atoms with Crippen LogP contribution in [0.1, 0.15) is 23.2 Å². The van der Waals surface area contributed by atoms with Crippen molar-refractivity contribution >= 4 is 5.78 Å². The summed E-state index contributed by atoms with van der Waals surface area (Å²) in [5, 5.41) is 0. The van der Waals surface area contributed by atoms with Crippen LogP contribution in [0.3, 0.4) is 0 Å². The molecular weight excluding hydrogens is 264 g/mol. The van der Waals surface area contributed by atoms with Crippen LogP contribution in [0.25, 0.3) is 0 Å². The molecule has 0 aliphatic rings. The first-order valence-electron chi connectivity index (χ1n) is 5.46. The standard InChI is InChI=1S/C13H12F4O2/c1-2-3-4-11(18)9-5-7-10(8-6-9)19-13(16,17)12(14)15/h2,5-8,12H,1,3-4H2. The van der Waals surface area contributed by atoms with E-state index in [1.165, 1.54) is 12.1 Å². The van der Waals surface area contributed by atoms with E-state index in [0.29, 0.717) is 12.0 Å². The molecule has 104 valence electrons. The molecule has 0 saturated carbocycles. The second kappa shape index (κ2) is 6.36. The Bertz CT molecular complexity index is 440. The largest absolute Gasteiger partial charge is 0.461 e. The molecule has 0 spiro atoms. The third-order valence-electron chi connectivity index (χ3n) is 2.26. The fraction of sp³-hybridized carbons (Fsp3) is 0.308. The average molecular weight is 276 g/mol. The topological polar surface area (TPSA) is 26.3 Å². The van der Waals surface area contributed by atoms with Crippen LogP contribution in [0.5, 0.6) is 5.75 Å². The van der Waals surface area contributed by atoms with Crippen molar-refractivity contribution in [2.75, 3.05) is 0 Å². The number of rotatable bonds is 7. The van der Waals surface area contributed by atoms with Crippen molar-refractivity contribution in [1.82, 2.24) is 0 Å². The number of allylic oxidation sites excluding steroid dienone is 1. The number of hydrogen-bond donors (Lipinski definition) is 0. The van der Waals surface area contributed by atoms with E-state index in [1.807, 2.05) is 0 Å². The molecule has 0 amide bonds. The molecule has 0 aliphatic carbocycles. The summed E-state index contributed by atoms with van der Waals surface area (Å²) in [6.07, 6.45) is -6.13. The lowest BCUT2D eigenvalue weighted by Crippen LogP contribution is -2.33. The van der Waals surface area contributed by atoms with Crippen LogP contribution in [0, 0.1) is 0 Å². The van der Waals surface area contributed by atoms with Crippen molar-refractivity contribution < 1.29 is 27.1 Å². The summed E-state index contributed by atoms with van der Waals surface area (Å²) in [5.74, 6) is -0.613. The van der Waals surface area contributed by atoms with E-state index >= 15 is 0 Å². The van der Waals surface area contributed by atoms with Gasteiger partial charge in [0.15, 0.2) is 5.78 Å². The molecule has 0 saturated heterocycles. The highest BCUT2D eigenvalue weighted by Gasteiger charge is 2.43. The summed E-state index contributed by atoms with van der Waals surface area (Å²) in [4.78, 5) is 11.6. The Morgan fingerprint density at radius 3 is 2.37 bits per heavy atom. The van der Waals surface area contributed by atoms with Gasteiger partial charge in [0.1, 0.15) is 5.75 Å². The van der Waals surface area contributed by atoms with Gasteiger partial charge < -0.3 is 4.74 Å². The molecule has 2 nitrogen and oxygen atoms in total. The van der Waals surface area contributed by atoms with Gasteiger partial charge in [0, 0.05) is 12.0 Å². The minimum Gasteiger partial charge on any atom is -0.428 e. The summed E-state index contributed by atoms with van der Waals surface area (Å²) >= 11 is 0. The van der Waals surface area contributed by atoms with E-state index < -0.39 is 18.3 Å². The average Bonchev–Trinajstić information content (AvgIpc) is 2.36. The molecule has 6 heteroatoms. The smallest absolute Gasteiger partial charge is 0.428 e. The van der Waals surface area contributed by atoms with Gasteiger partial charge in [0.05, 0.1) is 0 Å². The van der Waals surface area contributed by atoms with Crippen molar-refractivity contribution in [2.45, 2.75) is 25.4 Å². The summed E-state index contributed by atoms with van der Waals surface area (Å²) in [6.45, 7) is 3.47. The van der Waals surface area contributed by atoms with E-state index in [2.05, 4.69) is 11.3 Å². The monoisotopic (exact) mass is 276 g/mol. The minimum atomic E-state index is -4.55. The van der Waals surface area contributed by atoms with Gasteiger partial charge in [-0.3, -0.25) is 4.79 Å². The number of carbonyl (C=O) groups excluding carboxylic acids is 1. The lowest BCUT2D eigenvalue weighted by Gasteiger charge is -2.16. The van der Waals surface area contributed by atoms with Crippen molar-refractivity contribution in [3.63, 3.8) is 0 Å². The van der Waals surface area contributed by atoms with Crippen molar-refractivity contribution in [3.05, 3.63) is 42.5 Å². The van der Waals surface area contributed by atoms with Crippen molar-refractivity contribution in [1.29, 1.82) is 0 Å². The Kier molecular flexibility index (Phi) is 5.09. The van der Waals surface area contributed by atoms with E-state index in [9.17, 15) is 22.4 Å². The summed E-state index contributed by atoms with van der Waals surface area (Å²) in [5.41, 5.74) is 0.301. The van der Waals surface area contributed by atoms with Crippen LogP contribution in [-0.4, -0.2) is 18.3 Å². The number of alkyl halides is 4.